The summed E-state index contributed by atoms with van der Waals surface area (Å²) in [6.07, 6.45) is 19.4. The van der Waals surface area contributed by atoms with Crippen LogP contribution in [0.25, 0.3) is 0 Å². The molecule has 3 N–H and O–H groups in total. The van der Waals surface area contributed by atoms with Crippen LogP contribution in [0.3, 0.4) is 0 Å². The molecule has 1 fully saturated rings. The third kappa shape index (κ3) is 23.9. The molecule has 0 saturated carbocycles. The summed E-state index contributed by atoms with van der Waals surface area (Å²) in [5.74, 6) is -2.88. The summed E-state index contributed by atoms with van der Waals surface area (Å²) in [6, 6.07) is -0.506. The number of hydrogen-bond donors (Lipinski definition) is 3. The van der Waals surface area contributed by atoms with E-state index in [2.05, 4.69) is 33.0 Å². The van der Waals surface area contributed by atoms with Crippen LogP contribution in [0, 0.1) is 11.8 Å². The van der Waals surface area contributed by atoms with Crippen LogP contribution in [0.4, 0.5) is 0 Å². The van der Waals surface area contributed by atoms with Gasteiger partial charge in [-0.2, -0.15) is 0 Å². The van der Waals surface area contributed by atoms with E-state index in [1.54, 1.807) is 0 Å². The average molecular weight is 782 g/mol. The minimum atomic E-state index is -1.27. The Kier molecular flexibility index (Phi) is 28.7. The second-order valence-electron chi connectivity index (χ2n) is 16.1. The van der Waals surface area contributed by atoms with Crippen LogP contribution in [0.5, 0.6) is 0 Å². The number of nitrogens with one attached hydrogen (secondary N) is 1. The van der Waals surface area contributed by atoms with Gasteiger partial charge in [0, 0.05) is 25.7 Å². The lowest BCUT2D eigenvalue weighted by atomic mass is 9.74. The van der Waals surface area contributed by atoms with Crippen LogP contribution in [0.2, 0.25) is 0 Å². The largest absolute Gasteiger partial charge is 0.481 e. The van der Waals surface area contributed by atoms with Gasteiger partial charge in [-0.3, -0.25) is 24.0 Å². The lowest BCUT2D eigenvalue weighted by Crippen LogP contribution is -2.54. The number of ether oxygens (including phenoxy) is 3. The van der Waals surface area contributed by atoms with Crippen molar-refractivity contribution >= 4 is 29.8 Å². The Bertz CT molecular complexity index is 1030. The first-order chi connectivity index (χ1) is 26.5. The Morgan fingerprint density at radius 3 is 1.55 bits per heavy atom. The number of esters is 3. The third-order valence-electron chi connectivity index (χ3n) is 11.1. The molecule has 1 rings (SSSR count). The second-order valence-corrected chi connectivity index (χ2v) is 16.1. The molecule has 0 aromatic heterocycles. The summed E-state index contributed by atoms with van der Waals surface area (Å²) in [5, 5.41) is 21.5. The summed E-state index contributed by atoms with van der Waals surface area (Å²) in [7, 11) is 0. The quantitative estimate of drug-likeness (QED) is 0.0315. The predicted molar refractivity (Wildman–Crippen MR) is 216 cm³/mol. The third-order valence-corrected chi connectivity index (χ3v) is 11.1. The molecule has 4 atom stereocenters. The van der Waals surface area contributed by atoms with Crippen molar-refractivity contribution in [3.8, 4) is 0 Å². The van der Waals surface area contributed by atoms with Gasteiger partial charge in [0.1, 0.15) is 12.6 Å². The predicted octanol–water partition coefficient (Wildman–Crippen LogP) is 10.1. The SMILES string of the molecule is CCCCCCC(CCCC)CC(CC(CCCC)CCCCCC)(OC(=O)CCCCC(=O)O)C(COC(=O)CCCCC(=O)O)OC(=O)[C@@H]1CCCN1. The van der Waals surface area contributed by atoms with Crippen molar-refractivity contribution in [2.24, 2.45) is 11.8 Å². The maximum atomic E-state index is 14.0. The van der Waals surface area contributed by atoms with Gasteiger partial charge >= 0.3 is 29.8 Å². The fraction of sp³-hybridized carbons (Fsp3) is 0.886. The van der Waals surface area contributed by atoms with E-state index in [-0.39, 0.29) is 44.1 Å². The summed E-state index contributed by atoms with van der Waals surface area (Å²) >= 11 is 0. The van der Waals surface area contributed by atoms with E-state index in [0.29, 0.717) is 51.5 Å². The van der Waals surface area contributed by atoms with E-state index >= 15 is 0 Å². The van der Waals surface area contributed by atoms with Gasteiger partial charge in [-0.05, 0) is 69.7 Å². The number of carbonyl (C=O) groups excluding carboxylic acids is 3. The van der Waals surface area contributed by atoms with Crippen molar-refractivity contribution in [1.29, 1.82) is 0 Å². The van der Waals surface area contributed by atoms with Crippen LogP contribution < -0.4 is 5.32 Å². The van der Waals surface area contributed by atoms with Gasteiger partial charge in [-0.15, -0.1) is 0 Å². The minimum absolute atomic E-state index is 0.0294. The van der Waals surface area contributed by atoms with Gasteiger partial charge in [0.15, 0.2) is 11.7 Å². The summed E-state index contributed by atoms with van der Waals surface area (Å²) < 4.78 is 19.1. The van der Waals surface area contributed by atoms with E-state index in [1.165, 1.54) is 0 Å². The van der Waals surface area contributed by atoms with Crippen LogP contribution in [-0.4, -0.2) is 71.0 Å². The van der Waals surface area contributed by atoms with Gasteiger partial charge in [0.25, 0.3) is 0 Å². The Morgan fingerprint density at radius 2 is 1.09 bits per heavy atom. The first-order valence-corrected chi connectivity index (χ1v) is 22.2. The van der Waals surface area contributed by atoms with Crippen molar-refractivity contribution in [1.82, 2.24) is 5.32 Å². The molecular formula is C44H79NO10. The van der Waals surface area contributed by atoms with Crippen molar-refractivity contribution in [2.75, 3.05) is 13.2 Å². The minimum Gasteiger partial charge on any atom is -0.481 e. The molecule has 1 saturated heterocycles. The molecule has 0 radical (unpaired) electrons. The molecule has 320 valence electrons. The number of aliphatic carboxylic acids is 2. The van der Waals surface area contributed by atoms with Crippen LogP contribution in [0.15, 0.2) is 0 Å². The Balaban J connectivity index is 3.78. The van der Waals surface area contributed by atoms with E-state index in [9.17, 15) is 29.1 Å². The number of carbonyl (C=O) groups is 5. The van der Waals surface area contributed by atoms with Gasteiger partial charge in [-0.1, -0.05) is 130 Å². The molecule has 11 nitrogen and oxygen atoms in total. The molecule has 3 unspecified atom stereocenters. The highest BCUT2D eigenvalue weighted by atomic mass is 16.6. The van der Waals surface area contributed by atoms with Gasteiger partial charge < -0.3 is 29.7 Å². The van der Waals surface area contributed by atoms with Crippen LogP contribution in [-0.2, 0) is 38.2 Å². The first-order valence-electron chi connectivity index (χ1n) is 22.2. The Labute approximate surface area is 333 Å². The maximum Gasteiger partial charge on any atom is 0.323 e. The highest BCUT2D eigenvalue weighted by Gasteiger charge is 2.49. The molecule has 55 heavy (non-hydrogen) atoms. The smallest absolute Gasteiger partial charge is 0.323 e. The molecule has 0 spiro atoms. The molecule has 0 amide bonds. The first kappa shape index (κ1) is 50.3. The van der Waals surface area contributed by atoms with E-state index in [4.69, 9.17) is 19.3 Å². The highest BCUT2D eigenvalue weighted by Crippen LogP contribution is 2.41. The summed E-state index contributed by atoms with van der Waals surface area (Å²) in [4.78, 5) is 63.4. The number of hydrogen-bond acceptors (Lipinski definition) is 9. The molecule has 0 bridgehead atoms. The summed E-state index contributed by atoms with van der Waals surface area (Å²) in [6.45, 7) is 9.15. The van der Waals surface area contributed by atoms with E-state index in [0.717, 1.165) is 109 Å². The van der Waals surface area contributed by atoms with Gasteiger partial charge in [0.2, 0.25) is 0 Å². The molecule has 1 heterocycles. The fourth-order valence-electron chi connectivity index (χ4n) is 7.89. The Hall–Kier alpha value is -2.69. The van der Waals surface area contributed by atoms with Gasteiger partial charge in [-0.25, -0.2) is 0 Å². The molecule has 1 aliphatic rings. The van der Waals surface area contributed by atoms with Crippen molar-refractivity contribution in [3.63, 3.8) is 0 Å². The molecule has 0 aliphatic carbocycles. The van der Waals surface area contributed by atoms with Crippen LogP contribution in [0.1, 0.15) is 207 Å². The van der Waals surface area contributed by atoms with Crippen molar-refractivity contribution in [3.05, 3.63) is 0 Å². The standard InChI is InChI=1S/C44H79NO10/c1-5-9-13-15-24-35(22-11-7-3)32-44(55-42(51)30-20-18-28-40(48)49,33-36(23-12-8-4)25-16-14-10-6-2)38(54-43(52)37-26-21-31-45-37)34-53-41(50)29-19-17-27-39(46)47/h35-38,45H,5-34H2,1-4H3,(H,46,47)(H,48,49)/t35?,36?,37-,38?,44?/m0/s1. The average Bonchev–Trinajstić information content (AvgIpc) is 3.70. The number of unbranched alkanes of at least 4 members (excludes halogenated alkanes) is 10. The second kappa shape index (κ2) is 31.4. The maximum absolute atomic E-state index is 14.0. The number of carboxylic acid groups (broad SMARTS) is 2. The molecular weight excluding hydrogens is 702 g/mol. The zero-order valence-electron chi connectivity index (χ0n) is 35.2. The fourth-order valence-corrected chi connectivity index (χ4v) is 7.89. The summed E-state index contributed by atoms with van der Waals surface area (Å²) in [5.41, 5.74) is -1.27. The molecule has 1 aliphatic heterocycles. The topological polar surface area (TPSA) is 166 Å². The van der Waals surface area contributed by atoms with Crippen molar-refractivity contribution < 1.29 is 48.4 Å². The van der Waals surface area contributed by atoms with Crippen molar-refractivity contribution in [2.45, 2.75) is 225 Å². The number of rotatable bonds is 36. The highest BCUT2D eigenvalue weighted by molar-refractivity contribution is 5.76. The molecule has 0 aromatic rings. The lowest BCUT2D eigenvalue weighted by Gasteiger charge is -2.44. The van der Waals surface area contributed by atoms with Gasteiger partial charge in [0.05, 0.1) is 0 Å². The molecule has 0 aromatic carbocycles. The monoisotopic (exact) mass is 782 g/mol. The van der Waals surface area contributed by atoms with E-state index < -0.39 is 47.6 Å². The Morgan fingerprint density at radius 1 is 0.618 bits per heavy atom. The number of carboxylic acids is 2. The normalized spacial score (nSPS) is 16.8. The zero-order chi connectivity index (χ0) is 40.7. The van der Waals surface area contributed by atoms with E-state index in [1.807, 2.05) is 0 Å². The van der Waals surface area contributed by atoms with Crippen LogP contribution >= 0.6 is 0 Å². The molecule has 11 heteroatoms. The lowest BCUT2D eigenvalue weighted by molar-refractivity contribution is -0.204. The zero-order valence-corrected chi connectivity index (χ0v) is 35.2.